The number of carbonyl (C=O) groups is 1. The van der Waals surface area contributed by atoms with E-state index in [4.69, 9.17) is 9.15 Å². The molecule has 0 unspecified atom stereocenters. The van der Waals surface area contributed by atoms with E-state index in [9.17, 15) is 4.79 Å². The van der Waals surface area contributed by atoms with Crippen molar-refractivity contribution in [2.24, 2.45) is 0 Å². The number of carbonyl (C=O) groups excluding carboxylic acids is 1. The number of hydrogen-bond acceptors (Lipinski definition) is 4. The number of hydrogen-bond donors (Lipinski definition) is 0. The summed E-state index contributed by atoms with van der Waals surface area (Å²) in [6.07, 6.45) is 1.61. The highest BCUT2D eigenvalue weighted by Crippen LogP contribution is 2.10. The molecule has 0 N–H and O–H groups in total. The summed E-state index contributed by atoms with van der Waals surface area (Å²) in [5.74, 6) is 1.03. The van der Waals surface area contributed by atoms with Crippen molar-refractivity contribution in [1.82, 2.24) is 0 Å². The average molecular weight is 236 g/mol. The summed E-state index contributed by atoms with van der Waals surface area (Å²) in [6.45, 7) is 1.08. The molecule has 4 heteroatoms. The largest absolute Gasteiger partial charge is 0.456 e. The third kappa shape index (κ3) is 3.05. The van der Waals surface area contributed by atoms with Gasteiger partial charge in [0.2, 0.25) is 0 Å². The van der Waals surface area contributed by atoms with Crippen LogP contribution in [0.1, 0.15) is 21.2 Å². The van der Waals surface area contributed by atoms with Crippen LogP contribution in [-0.4, -0.2) is 12.9 Å². The highest BCUT2D eigenvalue weighted by atomic mass is 32.1. The zero-order valence-corrected chi connectivity index (χ0v) is 9.53. The maximum Gasteiger partial charge on any atom is 0.185 e. The smallest absolute Gasteiger partial charge is 0.185 e. The number of ether oxygens (including phenoxy) is 1. The lowest BCUT2D eigenvalue weighted by Gasteiger charge is -2.00. The predicted octanol–water partition coefficient (Wildman–Crippen LogP) is 2.91. The van der Waals surface area contributed by atoms with E-state index < -0.39 is 0 Å². The molecule has 16 heavy (non-hydrogen) atoms. The maximum atomic E-state index is 10.4. The monoisotopic (exact) mass is 236 g/mol. The van der Waals surface area contributed by atoms with Gasteiger partial charge in [0.1, 0.15) is 12.4 Å². The summed E-state index contributed by atoms with van der Waals surface area (Å²) < 4.78 is 10.6. The Bertz CT molecular complexity index is 431. The summed E-state index contributed by atoms with van der Waals surface area (Å²) in [4.78, 5) is 11.7. The second-order valence-corrected chi connectivity index (χ2v) is 4.34. The van der Waals surface area contributed by atoms with Crippen molar-refractivity contribution >= 4 is 17.6 Å². The minimum absolute atomic E-state index is 0.344. The van der Waals surface area contributed by atoms with Crippen LogP contribution < -0.4 is 0 Å². The van der Waals surface area contributed by atoms with Crippen LogP contribution in [0.4, 0.5) is 0 Å². The molecule has 0 atom stereocenters. The average Bonchev–Trinajstić information content (AvgIpc) is 2.95. The molecule has 0 saturated carbocycles. The quantitative estimate of drug-likeness (QED) is 0.572. The Kier molecular flexibility index (Phi) is 3.91. The zero-order valence-electron chi connectivity index (χ0n) is 8.72. The Balaban J connectivity index is 1.70. The first-order valence-electron chi connectivity index (χ1n) is 5.02. The standard InChI is InChI=1S/C12H12O3S/c13-8-10-3-4-11(15-10)9-14-6-5-12-2-1-7-16-12/h1-4,7-8H,5-6,9H2. The van der Waals surface area contributed by atoms with Gasteiger partial charge in [-0.15, -0.1) is 11.3 Å². The molecule has 0 radical (unpaired) electrons. The Hall–Kier alpha value is -1.39. The van der Waals surface area contributed by atoms with Gasteiger partial charge in [0.25, 0.3) is 0 Å². The van der Waals surface area contributed by atoms with Gasteiger partial charge < -0.3 is 9.15 Å². The minimum Gasteiger partial charge on any atom is -0.456 e. The first-order chi connectivity index (χ1) is 7.88. The Morgan fingerprint density at radius 1 is 1.38 bits per heavy atom. The van der Waals surface area contributed by atoms with Gasteiger partial charge in [-0.2, -0.15) is 0 Å². The fourth-order valence-corrected chi connectivity index (χ4v) is 2.03. The Morgan fingerprint density at radius 3 is 3.00 bits per heavy atom. The molecule has 0 saturated heterocycles. The molecule has 0 aliphatic heterocycles. The number of thiophene rings is 1. The van der Waals surface area contributed by atoms with Gasteiger partial charge in [-0.25, -0.2) is 0 Å². The van der Waals surface area contributed by atoms with Gasteiger partial charge >= 0.3 is 0 Å². The molecule has 0 spiro atoms. The van der Waals surface area contributed by atoms with Gasteiger partial charge in [0.15, 0.2) is 12.0 Å². The lowest BCUT2D eigenvalue weighted by molar-refractivity contribution is 0.103. The Labute approximate surface area is 97.7 Å². The van der Waals surface area contributed by atoms with E-state index in [1.165, 1.54) is 4.88 Å². The van der Waals surface area contributed by atoms with Crippen LogP contribution in [-0.2, 0) is 17.8 Å². The molecule has 0 aliphatic carbocycles. The molecular formula is C12H12O3S. The first kappa shape index (κ1) is 11.1. The number of aldehydes is 1. The lowest BCUT2D eigenvalue weighted by Crippen LogP contribution is -1.96. The minimum atomic E-state index is 0.344. The van der Waals surface area contributed by atoms with Crippen molar-refractivity contribution < 1.29 is 13.9 Å². The van der Waals surface area contributed by atoms with Crippen molar-refractivity contribution in [3.8, 4) is 0 Å². The third-order valence-corrected chi connectivity index (χ3v) is 3.05. The topological polar surface area (TPSA) is 39.4 Å². The van der Waals surface area contributed by atoms with Crippen molar-refractivity contribution in [1.29, 1.82) is 0 Å². The highest BCUT2D eigenvalue weighted by molar-refractivity contribution is 7.09. The molecule has 2 heterocycles. The summed E-state index contributed by atoms with van der Waals surface area (Å²) in [6, 6.07) is 7.52. The summed E-state index contributed by atoms with van der Waals surface area (Å²) >= 11 is 1.73. The first-order valence-corrected chi connectivity index (χ1v) is 5.90. The highest BCUT2D eigenvalue weighted by Gasteiger charge is 2.01. The number of rotatable bonds is 6. The molecule has 0 fully saturated rings. The van der Waals surface area contributed by atoms with Crippen molar-refractivity contribution in [3.05, 3.63) is 46.0 Å². The van der Waals surface area contributed by atoms with E-state index >= 15 is 0 Å². The van der Waals surface area contributed by atoms with E-state index in [-0.39, 0.29) is 0 Å². The van der Waals surface area contributed by atoms with Crippen molar-refractivity contribution in [2.75, 3.05) is 6.61 Å². The molecule has 84 valence electrons. The van der Waals surface area contributed by atoms with Crippen LogP contribution in [0.2, 0.25) is 0 Å². The molecule has 2 aromatic heterocycles. The second-order valence-electron chi connectivity index (χ2n) is 3.30. The van der Waals surface area contributed by atoms with Crippen LogP contribution in [0.25, 0.3) is 0 Å². The number of furan rings is 1. The van der Waals surface area contributed by atoms with Crippen LogP contribution >= 0.6 is 11.3 Å². The molecule has 2 rings (SSSR count). The van der Waals surface area contributed by atoms with E-state index in [1.54, 1.807) is 23.5 Å². The third-order valence-electron chi connectivity index (χ3n) is 2.12. The second kappa shape index (κ2) is 5.63. The van der Waals surface area contributed by atoms with Crippen LogP contribution in [0.15, 0.2) is 34.1 Å². The van der Waals surface area contributed by atoms with Crippen LogP contribution in [0, 0.1) is 0 Å². The molecular weight excluding hydrogens is 224 g/mol. The van der Waals surface area contributed by atoms with Gasteiger partial charge in [-0.3, -0.25) is 4.79 Å². The summed E-state index contributed by atoms with van der Waals surface area (Å²) in [5.41, 5.74) is 0. The maximum absolute atomic E-state index is 10.4. The fraction of sp³-hybridized carbons (Fsp3) is 0.250. The SMILES string of the molecule is O=Cc1ccc(COCCc2cccs2)o1. The zero-order chi connectivity index (χ0) is 11.2. The summed E-state index contributed by atoms with van der Waals surface area (Å²) in [7, 11) is 0. The van der Waals surface area contributed by atoms with Gasteiger partial charge in [0.05, 0.1) is 6.61 Å². The molecule has 2 aromatic rings. The fourth-order valence-electron chi connectivity index (χ4n) is 1.34. The summed E-state index contributed by atoms with van der Waals surface area (Å²) in [5, 5.41) is 2.05. The van der Waals surface area contributed by atoms with E-state index in [2.05, 4.69) is 11.4 Å². The van der Waals surface area contributed by atoms with Crippen LogP contribution in [0.3, 0.4) is 0 Å². The van der Waals surface area contributed by atoms with E-state index in [0.717, 1.165) is 6.42 Å². The molecule has 0 aliphatic rings. The molecule has 0 amide bonds. The molecule has 0 aromatic carbocycles. The van der Waals surface area contributed by atoms with Crippen molar-refractivity contribution in [2.45, 2.75) is 13.0 Å². The van der Waals surface area contributed by atoms with E-state index in [1.807, 2.05) is 6.07 Å². The van der Waals surface area contributed by atoms with Crippen LogP contribution in [0.5, 0.6) is 0 Å². The predicted molar refractivity (Wildman–Crippen MR) is 61.8 cm³/mol. The lowest BCUT2D eigenvalue weighted by atomic mass is 10.4. The van der Waals surface area contributed by atoms with Gasteiger partial charge in [0, 0.05) is 11.3 Å². The van der Waals surface area contributed by atoms with Crippen molar-refractivity contribution in [3.63, 3.8) is 0 Å². The Morgan fingerprint density at radius 2 is 2.31 bits per heavy atom. The van der Waals surface area contributed by atoms with E-state index in [0.29, 0.717) is 31.0 Å². The van der Waals surface area contributed by atoms with Gasteiger partial charge in [-0.05, 0) is 23.6 Å². The van der Waals surface area contributed by atoms with Gasteiger partial charge in [-0.1, -0.05) is 6.07 Å². The molecule has 3 nitrogen and oxygen atoms in total. The normalized spacial score (nSPS) is 10.5. The molecule has 0 bridgehead atoms.